The van der Waals surface area contributed by atoms with E-state index in [-0.39, 0.29) is 0 Å². The Hall–Kier alpha value is -1.02. The molecule has 1 nitrogen and oxygen atoms in total. The third-order valence-corrected chi connectivity index (χ3v) is 5.45. The highest BCUT2D eigenvalue weighted by molar-refractivity contribution is 9.10. The molecule has 128 valence electrons. The van der Waals surface area contributed by atoms with E-state index in [1.165, 1.54) is 47.7 Å². The van der Waals surface area contributed by atoms with Gasteiger partial charge in [-0.1, -0.05) is 72.5 Å². The molecule has 1 fully saturated rings. The second kappa shape index (κ2) is 9.97. The van der Waals surface area contributed by atoms with Crippen LogP contribution in [0.2, 0.25) is 0 Å². The van der Waals surface area contributed by atoms with Crippen LogP contribution in [0.15, 0.2) is 52.7 Å². The maximum absolute atomic E-state index is 4.70. The summed E-state index contributed by atoms with van der Waals surface area (Å²) in [6, 6.07) is 8.88. The zero-order valence-electron chi connectivity index (χ0n) is 15.1. The fourth-order valence-electron chi connectivity index (χ4n) is 3.27. The standard InChI is InChI=1S/C16H21Br.C5H10O/c1-3-13(2)16(10-5-4-6-11-16)14-8-7-9-15(17)12-14;1-4-5(2)6-3/h3,7-9,12H,4-6,10-11H2,1-2H3;2,4H2,1,3H3/b13-3+;. The largest absolute Gasteiger partial charge is 0.502 e. The predicted molar refractivity (Wildman–Crippen MR) is 105 cm³/mol. The van der Waals surface area contributed by atoms with Crippen molar-refractivity contribution in [3.8, 4) is 0 Å². The monoisotopic (exact) mass is 378 g/mol. The van der Waals surface area contributed by atoms with Crippen LogP contribution in [0.3, 0.4) is 0 Å². The summed E-state index contributed by atoms with van der Waals surface area (Å²) in [5, 5.41) is 0. The summed E-state index contributed by atoms with van der Waals surface area (Å²) in [5.74, 6) is 0.843. The number of rotatable bonds is 4. The summed E-state index contributed by atoms with van der Waals surface area (Å²) in [5.41, 5.74) is 3.33. The number of benzene rings is 1. The minimum atomic E-state index is 0.302. The van der Waals surface area contributed by atoms with Crippen LogP contribution in [-0.4, -0.2) is 7.11 Å². The van der Waals surface area contributed by atoms with Crippen molar-refractivity contribution >= 4 is 15.9 Å². The van der Waals surface area contributed by atoms with Gasteiger partial charge in [-0.2, -0.15) is 0 Å². The van der Waals surface area contributed by atoms with E-state index in [1.54, 1.807) is 7.11 Å². The average Bonchev–Trinajstić information content (AvgIpc) is 2.61. The van der Waals surface area contributed by atoms with Crippen LogP contribution in [0.5, 0.6) is 0 Å². The minimum Gasteiger partial charge on any atom is -0.502 e. The fourth-order valence-corrected chi connectivity index (χ4v) is 3.67. The van der Waals surface area contributed by atoms with Gasteiger partial charge in [0, 0.05) is 16.3 Å². The molecule has 1 saturated carbocycles. The SMILES string of the molecule is C/C=C(\C)C1(c2cccc(Br)c2)CCCCC1.C=C(CC)OC. The highest BCUT2D eigenvalue weighted by Crippen LogP contribution is 2.45. The molecule has 23 heavy (non-hydrogen) atoms. The molecule has 0 bridgehead atoms. The summed E-state index contributed by atoms with van der Waals surface area (Å²) >= 11 is 3.60. The van der Waals surface area contributed by atoms with Crippen LogP contribution in [0, 0.1) is 0 Å². The van der Waals surface area contributed by atoms with E-state index in [1.807, 2.05) is 6.92 Å². The van der Waals surface area contributed by atoms with Gasteiger partial charge in [-0.05, 0) is 44.4 Å². The van der Waals surface area contributed by atoms with Crippen LogP contribution >= 0.6 is 15.9 Å². The number of hydrogen-bond acceptors (Lipinski definition) is 1. The molecule has 2 rings (SSSR count). The highest BCUT2D eigenvalue weighted by Gasteiger charge is 2.35. The van der Waals surface area contributed by atoms with E-state index in [2.05, 4.69) is 66.7 Å². The lowest BCUT2D eigenvalue weighted by Gasteiger charge is -2.39. The number of hydrogen-bond donors (Lipinski definition) is 0. The Morgan fingerprint density at radius 1 is 1.30 bits per heavy atom. The van der Waals surface area contributed by atoms with Crippen LogP contribution in [0.4, 0.5) is 0 Å². The third-order valence-electron chi connectivity index (χ3n) is 4.96. The Bertz CT molecular complexity index is 518. The lowest BCUT2D eigenvalue weighted by Crippen LogP contribution is -2.30. The molecule has 0 saturated heterocycles. The average molecular weight is 379 g/mol. The van der Waals surface area contributed by atoms with Crippen LogP contribution in [0.25, 0.3) is 0 Å². The molecule has 2 heteroatoms. The summed E-state index contributed by atoms with van der Waals surface area (Å²) in [6.07, 6.45) is 9.93. The van der Waals surface area contributed by atoms with Crippen molar-refractivity contribution in [3.05, 3.63) is 58.3 Å². The van der Waals surface area contributed by atoms with Gasteiger partial charge in [0.15, 0.2) is 0 Å². The van der Waals surface area contributed by atoms with Gasteiger partial charge in [0.05, 0.1) is 12.9 Å². The molecular weight excluding hydrogens is 348 g/mol. The fraction of sp³-hybridized carbons (Fsp3) is 0.524. The van der Waals surface area contributed by atoms with E-state index in [4.69, 9.17) is 4.74 Å². The Morgan fingerprint density at radius 3 is 2.39 bits per heavy atom. The smallest absolute Gasteiger partial charge is 0.0881 e. The maximum Gasteiger partial charge on any atom is 0.0881 e. The predicted octanol–water partition coefficient (Wildman–Crippen LogP) is 7.17. The molecule has 1 aromatic carbocycles. The Labute approximate surface area is 151 Å². The van der Waals surface area contributed by atoms with E-state index in [0.717, 1.165) is 12.2 Å². The molecule has 0 atom stereocenters. The van der Waals surface area contributed by atoms with Crippen molar-refractivity contribution in [2.45, 2.75) is 64.7 Å². The number of allylic oxidation sites excluding steroid dienone is 3. The molecule has 1 aliphatic rings. The lowest BCUT2D eigenvalue weighted by molar-refractivity contribution is 0.283. The summed E-state index contributed by atoms with van der Waals surface area (Å²) in [7, 11) is 1.63. The number of methoxy groups -OCH3 is 1. The zero-order chi connectivity index (χ0) is 17.3. The second-order valence-corrected chi connectivity index (χ2v) is 7.14. The van der Waals surface area contributed by atoms with E-state index < -0.39 is 0 Å². The van der Waals surface area contributed by atoms with Crippen molar-refractivity contribution < 1.29 is 4.74 Å². The lowest BCUT2D eigenvalue weighted by atomic mass is 9.65. The quantitative estimate of drug-likeness (QED) is 0.398. The normalized spacial score (nSPS) is 17.0. The maximum atomic E-state index is 4.70. The molecule has 0 aromatic heterocycles. The summed E-state index contributed by atoms with van der Waals surface area (Å²) in [6.45, 7) is 10.0. The van der Waals surface area contributed by atoms with Crippen LogP contribution in [-0.2, 0) is 10.2 Å². The Morgan fingerprint density at radius 2 is 1.96 bits per heavy atom. The zero-order valence-corrected chi connectivity index (χ0v) is 16.7. The van der Waals surface area contributed by atoms with Crippen LogP contribution in [0.1, 0.15) is 64.9 Å². The molecule has 0 spiro atoms. The summed E-state index contributed by atoms with van der Waals surface area (Å²) in [4.78, 5) is 0. The minimum absolute atomic E-state index is 0.302. The van der Waals surface area contributed by atoms with Crippen molar-refractivity contribution in [2.24, 2.45) is 0 Å². The molecule has 1 aromatic rings. The molecule has 0 amide bonds. The van der Waals surface area contributed by atoms with E-state index in [9.17, 15) is 0 Å². The molecule has 1 aliphatic carbocycles. The van der Waals surface area contributed by atoms with Crippen molar-refractivity contribution in [1.82, 2.24) is 0 Å². The Balaban J connectivity index is 0.000000379. The van der Waals surface area contributed by atoms with Crippen molar-refractivity contribution in [1.29, 1.82) is 0 Å². The van der Waals surface area contributed by atoms with E-state index in [0.29, 0.717) is 5.41 Å². The van der Waals surface area contributed by atoms with Gasteiger partial charge in [0.25, 0.3) is 0 Å². The van der Waals surface area contributed by atoms with Gasteiger partial charge in [0.2, 0.25) is 0 Å². The first-order valence-electron chi connectivity index (χ1n) is 8.61. The number of halogens is 1. The Kier molecular flexibility index (Phi) is 8.68. The van der Waals surface area contributed by atoms with Crippen molar-refractivity contribution in [2.75, 3.05) is 7.11 Å². The summed E-state index contributed by atoms with van der Waals surface area (Å²) < 4.78 is 5.90. The van der Waals surface area contributed by atoms with Gasteiger partial charge in [0.1, 0.15) is 0 Å². The molecule has 0 N–H and O–H groups in total. The second-order valence-electron chi connectivity index (χ2n) is 6.22. The highest BCUT2D eigenvalue weighted by atomic mass is 79.9. The first-order chi connectivity index (χ1) is 11.0. The van der Waals surface area contributed by atoms with Gasteiger partial charge < -0.3 is 4.74 Å². The van der Waals surface area contributed by atoms with Gasteiger partial charge in [-0.25, -0.2) is 0 Å². The van der Waals surface area contributed by atoms with Gasteiger partial charge in [-0.3, -0.25) is 0 Å². The van der Waals surface area contributed by atoms with Gasteiger partial charge in [-0.15, -0.1) is 0 Å². The first kappa shape index (κ1) is 20.0. The molecule has 0 aliphatic heterocycles. The topological polar surface area (TPSA) is 9.23 Å². The molecule has 0 radical (unpaired) electrons. The van der Waals surface area contributed by atoms with E-state index >= 15 is 0 Å². The molecule has 0 heterocycles. The number of ether oxygens (including phenoxy) is 1. The first-order valence-corrected chi connectivity index (χ1v) is 9.40. The van der Waals surface area contributed by atoms with Crippen LogP contribution < -0.4 is 0 Å². The van der Waals surface area contributed by atoms with Crippen molar-refractivity contribution in [3.63, 3.8) is 0 Å². The third kappa shape index (κ3) is 5.53. The molecular formula is C21H31BrO. The molecule has 0 unspecified atom stereocenters. The van der Waals surface area contributed by atoms with Gasteiger partial charge >= 0.3 is 0 Å².